The minimum atomic E-state index is 0. The summed E-state index contributed by atoms with van der Waals surface area (Å²) >= 11 is 0. The summed E-state index contributed by atoms with van der Waals surface area (Å²) in [6.07, 6.45) is 7.15. The smallest absolute Gasteiger partial charge is 0.00335 e. The predicted octanol–water partition coefficient (Wildman–Crippen LogP) is 2.81. The molecule has 110 valence electrons. The Balaban J connectivity index is 0.00000161. The van der Waals surface area contributed by atoms with Gasteiger partial charge in [-0.2, -0.15) is 0 Å². The fourth-order valence-electron chi connectivity index (χ4n) is 2.99. The molecule has 1 aliphatic rings. The van der Waals surface area contributed by atoms with Crippen LogP contribution in [0.2, 0.25) is 0 Å². The van der Waals surface area contributed by atoms with Crippen LogP contribution in [-0.4, -0.2) is 13.6 Å². The zero-order valence-electron chi connectivity index (χ0n) is 12.4. The fraction of sp³-hybridized carbons (Fsp3) is 0.263. The molecule has 1 atom stereocenters. The van der Waals surface area contributed by atoms with Crippen LogP contribution >= 0.6 is 12.4 Å². The minimum absolute atomic E-state index is 0. The average Bonchev–Trinajstić information content (AvgIpc) is 2.64. The van der Waals surface area contributed by atoms with Gasteiger partial charge < -0.3 is 5.32 Å². The first-order chi connectivity index (χ1) is 9.88. The molecule has 2 aromatic rings. The molecular formula is C19H22ClN. The number of rotatable bonds is 4. The summed E-state index contributed by atoms with van der Waals surface area (Å²) in [7, 11) is 2.02. The van der Waals surface area contributed by atoms with Crippen molar-refractivity contribution in [3.8, 4) is 0 Å². The SMILES string of the molecule is CNCCCC1C=c2ccccc2=Cc2ccccc21.Cl. The van der Waals surface area contributed by atoms with Gasteiger partial charge in [0.1, 0.15) is 0 Å². The van der Waals surface area contributed by atoms with E-state index in [4.69, 9.17) is 0 Å². The van der Waals surface area contributed by atoms with Gasteiger partial charge in [0.25, 0.3) is 0 Å². The van der Waals surface area contributed by atoms with Crippen LogP contribution in [0.25, 0.3) is 12.2 Å². The van der Waals surface area contributed by atoms with Crippen molar-refractivity contribution in [2.45, 2.75) is 18.8 Å². The van der Waals surface area contributed by atoms with Crippen molar-refractivity contribution in [2.24, 2.45) is 0 Å². The van der Waals surface area contributed by atoms with Gasteiger partial charge in [-0.25, -0.2) is 0 Å². The van der Waals surface area contributed by atoms with Crippen LogP contribution in [0.3, 0.4) is 0 Å². The van der Waals surface area contributed by atoms with E-state index in [1.54, 1.807) is 0 Å². The van der Waals surface area contributed by atoms with E-state index in [2.05, 4.69) is 66.0 Å². The molecule has 0 spiro atoms. The van der Waals surface area contributed by atoms with Gasteiger partial charge in [0.15, 0.2) is 0 Å². The van der Waals surface area contributed by atoms with Gasteiger partial charge in [0.2, 0.25) is 0 Å². The maximum atomic E-state index is 3.24. The molecule has 0 heterocycles. The van der Waals surface area contributed by atoms with Crippen molar-refractivity contribution in [1.29, 1.82) is 0 Å². The van der Waals surface area contributed by atoms with E-state index in [0.717, 1.165) is 6.54 Å². The van der Waals surface area contributed by atoms with E-state index in [9.17, 15) is 0 Å². The van der Waals surface area contributed by atoms with Crippen LogP contribution in [0.1, 0.15) is 29.9 Å². The molecule has 0 bridgehead atoms. The molecule has 1 aliphatic carbocycles. The van der Waals surface area contributed by atoms with Crippen LogP contribution < -0.4 is 15.8 Å². The highest BCUT2D eigenvalue weighted by molar-refractivity contribution is 5.85. The molecule has 0 amide bonds. The van der Waals surface area contributed by atoms with Crippen LogP contribution in [0, 0.1) is 0 Å². The normalized spacial score (nSPS) is 15.6. The molecule has 1 N–H and O–H groups in total. The van der Waals surface area contributed by atoms with Gasteiger partial charge in [-0.15, -0.1) is 12.4 Å². The molecule has 0 saturated carbocycles. The number of nitrogens with one attached hydrogen (secondary N) is 1. The van der Waals surface area contributed by atoms with Crippen LogP contribution in [0.4, 0.5) is 0 Å². The number of hydrogen-bond donors (Lipinski definition) is 1. The lowest BCUT2D eigenvalue weighted by molar-refractivity contribution is 0.652. The van der Waals surface area contributed by atoms with E-state index >= 15 is 0 Å². The Morgan fingerprint density at radius 3 is 2.48 bits per heavy atom. The first-order valence-electron chi connectivity index (χ1n) is 7.40. The number of halogens is 1. The molecule has 0 aliphatic heterocycles. The molecular weight excluding hydrogens is 278 g/mol. The fourth-order valence-corrected chi connectivity index (χ4v) is 2.99. The van der Waals surface area contributed by atoms with E-state index in [-0.39, 0.29) is 12.4 Å². The van der Waals surface area contributed by atoms with Crippen LogP contribution in [0.15, 0.2) is 48.5 Å². The zero-order chi connectivity index (χ0) is 13.8. The number of hydrogen-bond acceptors (Lipinski definition) is 1. The van der Waals surface area contributed by atoms with Crippen LogP contribution in [0.5, 0.6) is 0 Å². The van der Waals surface area contributed by atoms with Crippen molar-refractivity contribution in [3.63, 3.8) is 0 Å². The summed E-state index contributed by atoms with van der Waals surface area (Å²) in [6, 6.07) is 17.5. The first kappa shape index (κ1) is 15.8. The Morgan fingerprint density at radius 2 is 1.67 bits per heavy atom. The van der Waals surface area contributed by atoms with Gasteiger partial charge in [0.05, 0.1) is 0 Å². The highest BCUT2D eigenvalue weighted by Crippen LogP contribution is 2.27. The highest BCUT2D eigenvalue weighted by atomic mass is 35.5. The van der Waals surface area contributed by atoms with Crippen LogP contribution in [-0.2, 0) is 0 Å². The largest absolute Gasteiger partial charge is 0.320 e. The lowest BCUT2D eigenvalue weighted by atomic mass is 9.90. The van der Waals surface area contributed by atoms with Crippen molar-refractivity contribution in [1.82, 2.24) is 5.32 Å². The van der Waals surface area contributed by atoms with E-state index < -0.39 is 0 Å². The topological polar surface area (TPSA) is 12.0 Å². The lowest BCUT2D eigenvalue weighted by Crippen LogP contribution is -2.23. The molecule has 0 fully saturated rings. The quantitative estimate of drug-likeness (QED) is 0.856. The summed E-state index contributed by atoms with van der Waals surface area (Å²) in [6.45, 7) is 1.08. The third-order valence-corrected chi connectivity index (χ3v) is 4.03. The molecule has 1 nitrogen and oxygen atoms in total. The molecule has 0 aromatic heterocycles. The van der Waals surface area contributed by atoms with E-state index in [0.29, 0.717) is 5.92 Å². The third kappa shape index (κ3) is 3.55. The molecule has 2 aromatic carbocycles. The standard InChI is InChI=1S/C19H21N.ClH/c1-20-12-6-10-18-14-16-8-3-2-7-15(16)13-17-9-4-5-11-19(17)18;/h2-5,7-9,11,13-14,18,20H,6,10,12H2,1H3;1H. The molecule has 0 radical (unpaired) electrons. The molecule has 21 heavy (non-hydrogen) atoms. The molecule has 1 unspecified atom stereocenters. The Hall–Kier alpha value is -1.57. The second-order valence-electron chi connectivity index (χ2n) is 5.42. The van der Waals surface area contributed by atoms with Gasteiger partial charge in [0, 0.05) is 5.92 Å². The Bertz CT molecular complexity index is 706. The summed E-state index contributed by atoms with van der Waals surface area (Å²) in [5.74, 6) is 0.513. The second-order valence-corrected chi connectivity index (χ2v) is 5.42. The number of benzene rings is 2. The van der Waals surface area contributed by atoms with E-state index in [1.165, 1.54) is 34.4 Å². The Morgan fingerprint density at radius 1 is 0.952 bits per heavy atom. The lowest BCUT2D eigenvalue weighted by Gasteiger charge is -2.15. The van der Waals surface area contributed by atoms with Gasteiger partial charge in [-0.05, 0) is 54.1 Å². The average molecular weight is 300 g/mol. The summed E-state index contributed by atoms with van der Waals surface area (Å²) in [5.41, 5.74) is 2.82. The Kier molecular flexibility index (Phi) is 5.60. The van der Waals surface area contributed by atoms with Crippen molar-refractivity contribution in [3.05, 3.63) is 70.1 Å². The summed E-state index contributed by atoms with van der Waals surface area (Å²) < 4.78 is 0. The van der Waals surface area contributed by atoms with Gasteiger partial charge >= 0.3 is 0 Å². The Labute approximate surface area is 132 Å². The molecule has 2 heteroatoms. The van der Waals surface area contributed by atoms with Crippen molar-refractivity contribution < 1.29 is 0 Å². The minimum Gasteiger partial charge on any atom is -0.320 e. The number of fused-ring (bicyclic) bond motifs is 2. The van der Waals surface area contributed by atoms with Gasteiger partial charge in [-0.1, -0.05) is 54.6 Å². The maximum absolute atomic E-state index is 3.24. The predicted molar refractivity (Wildman–Crippen MR) is 93.3 cm³/mol. The highest BCUT2D eigenvalue weighted by Gasteiger charge is 2.13. The van der Waals surface area contributed by atoms with Gasteiger partial charge in [-0.3, -0.25) is 0 Å². The van der Waals surface area contributed by atoms with Crippen molar-refractivity contribution >= 4 is 24.6 Å². The third-order valence-electron chi connectivity index (χ3n) is 4.03. The van der Waals surface area contributed by atoms with E-state index in [1.807, 2.05) is 7.05 Å². The molecule has 3 rings (SSSR count). The summed E-state index contributed by atoms with van der Waals surface area (Å²) in [4.78, 5) is 0. The zero-order valence-corrected chi connectivity index (χ0v) is 13.2. The summed E-state index contributed by atoms with van der Waals surface area (Å²) in [5, 5.41) is 5.93. The van der Waals surface area contributed by atoms with Crippen molar-refractivity contribution in [2.75, 3.05) is 13.6 Å². The first-order valence-corrected chi connectivity index (χ1v) is 7.40. The monoisotopic (exact) mass is 299 g/mol. The second kappa shape index (κ2) is 7.44. The molecule has 0 saturated heterocycles. The maximum Gasteiger partial charge on any atom is 0.00335 e.